The van der Waals surface area contributed by atoms with Crippen molar-refractivity contribution >= 4 is 5.69 Å². The normalized spacial score (nSPS) is 17.8. The van der Waals surface area contributed by atoms with Gasteiger partial charge in [-0.15, -0.1) is 0 Å². The SMILES string of the molecule is CCOc1ccc(C2CCCN2Cc2ccccc2[N+](=O)[O-])cc1. The lowest BCUT2D eigenvalue weighted by atomic mass is 10.0. The van der Waals surface area contributed by atoms with Gasteiger partial charge in [-0.05, 0) is 44.0 Å². The van der Waals surface area contributed by atoms with Gasteiger partial charge in [-0.3, -0.25) is 15.0 Å². The Hall–Kier alpha value is -2.40. The molecule has 0 aliphatic carbocycles. The lowest BCUT2D eigenvalue weighted by Crippen LogP contribution is -2.23. The van der Waals surface area contributed by atoms with Crippen molar-refractivity contribution in [1.82, 2.24) is 4.90 Å². The van der Waals surface area contributed by atoms with Gasteiger partial charge in [0.2, 0.25) is 0 Å². The molecule has 0 N–H and O–H groups in total. The van der Waals surface area contributed by atoms with E-state index in [1.54, 1.807) is 12.1 Å². The van der Waals surface area contributed by atoms with Gasteiger partial charge in [-0.2, -0.15) is 0 Å². The predicted molar refractivity (Wildman–Crippen MR) is 93.1 cm³/mol. The molecule has 1 heterocycles. The minimum Gasteiger partial charge on any atom is -0.494 e. The van der Waals surface area contributed by atoms with E-state index in [1.807, 2.05) is 31.2 Å². The van der Waals surface area contributed by atoms with Gasteiger partial charge in [0, 0.05) is 24.2 Å². The van der Waals surface area contributed by atoms with Crippen molar-refractivity contribution in [3.63, 3.8) is 0 Å². The summed E-state index contributed by atoms with van der Waals surface area (Å²) in [6, 6.07) is 15.5. The van der Waals surface area contributed by atoms with E-state index in [2.05, 4.69) is 17.0 Å². The largest absolute Gasteiger partial charge is 0.494 e. The molecule has 0 aromatic heterocycles. The molecule has 1 saturated heterocycles. The smallest absolute Gasteiger partial charge is 0.273 e. The molecule has 3 rings (SSSR count). The number of ether oxygens (including phenoxy) is 1. The number of rotatable bonds is 6. The van der Waals surface area contributed by atoms with Crippen LogP contribution in [0, 0.1) is 10.1 Å². The molecule has 1 unspecified atom stereocenters. The fourth-order valence-corrected chi connectivity index (χ4v) is 3.39. The number of nitro groups is 1. The zero-order chi connectivity index (χ0) is 16.9. The van der Waals surface area contributed by atoms with E-state index >= 15 is 0 Å². The van der Waals surface area contributed by atoms with Crippen LogP contribution in [0.2, 0.25) is 0 Å². The van der Waals surface area contributed by atoms with Crippen molar-refractivity contribution in [2.75, 3.05) is 13.2 Å². The Morgan fingerprint density at radius 2 is 1.96 bits per heavy atom. The predicted octanol–water partition coefficient (Wildman–Crippen LogP) is 4.33. The van der Waals surface area contributed by atoms with Gasteiger partial charge in [0.1, 0.15) is 5.75 Å². The number of benzene rings is 2. The first-order valence-electron chi connectivity index (χ1n) is 8.38. The minimum atomic E-state index is -0.294. The summed E-state index contributed by atoms with van der Waals surface area (Å²) in [6.45, 7) is 4.20. The Labute approximate surface area is 142 Å². The third-order valence-electron chi connectivity index (χ3n) is 4.50. The molecule has 1 aliphatic rings. The molecule has 0 radical (unpaired) electrons. The van der Waals surface area contributed by atoms with Crippen molar-refractivity contribution in [2.45, 2.75) is 32.4 Å². The molecular formula is C19H22N2O3. The first kappa shape index (κ1) is 16.5. The molecule has 24 heavy (non-hydrogen) atoms. The van der Waals surface area contributed by atoms with Gasteiger partial charge in [-0.1, -0.05) is 30.3 Å². The minimum absolute atomic E-state index is 0.204. The number of hydrogen-bond donors (Lipinski definition) is 0. The Kier molecular flexibility index (Phi) is 5.11. The van der Waals surface area contributed by atoms with E-state index in [9.17, 15) is 10.1 Å². The Morgan fingerprint density at radius 3 is 2.67 bits per heavy atom. The van der Waals surface area contributed by atoms with Gasteiger partial charge in [-0.25, -0.2) is 0 Å². The average molecular weight is 326 g/mol. The zero-order valence-electron chi connectivity index (χ0n) is 13.9. The van der Waals surface area contributed by atoms with Crippen molar-refractivity contribution in [3.05, 3.63) is 69.8 Å². The molecule has 0 amide bonds. The van der Waals surface area contributed by atoms with E-state index in [0.29, 0.717) is 19.2 Å². The molecular weight excluding hydrogens is 304 g/mol. The van der Waals surface area contributed by atoms with Gasteiger partial charge < -0.3 is 4.74 Å². The van der Waals surface area contributed by atoms with Crippen LogP contribution >= 0.6 is 0 Å². The van der Waals surface area contributed by atoms with E-state index in [1.165, 1.54) is 5.56 Å². The lowest BCUT2D eigenvalue weighted by molar-refractivity contribution is -0.385. The van der Waals surface area contributed by atoms with Crippen molar-refractivity contribution < 1.29 is 9.66 Å². The van der Waals surface area contributed by atoms with Crippen LogP contribution in [0.3, 0.4) is 0 Å². The Bertz CT molecular complexity index is 700. The summed E-state index contributed by atoms with van der Waals surface area (Å²) < 4.78 is 5.50. The summed E-state index contributed by atoms with van der Waals surface area (Å²) in [7, 11) is 0. The molecule has 1 atom stereocenters. The van der Waals surface area contributed by atoms with Crippen LogP contribution in [0.1, 0.15) is 36.9 Å². The highest BCUT2D eigenvalue weighted by molar-refractivity contribution is 5.40. The average Bonchev–Trinajstić information content (AvgIpc) is 3.04. The molecule has 5 heteroatoms. The fourth-order valence-electron chi connectivity index (χ4n) is 3.39. The first-order chi connectivity index (χ1) is 11.7. The second-order valence-electron chi connectivity index (χ2n) is 6.02. The van der Waals surface area contributed by atoms with Gasteiger partial charge in [0.25, 0.3) is 5.69 Å². The number of hydrogen-bond acceptors (Lipinski definition) is 4. The quantitative estimate of drug-likeness (QED) is 0.585. The van der Waals surface area contributed by atoms with E-state index in [0.717, 1.165) is 30.7 Å². The van der Waals surface area contributed by atoms with Gasteiger partial charge >= 0.3 is 0 Å². The number of likely N-dealkylation sites (tertiary alicyclic amines) is 1. The second kappa shape index (κ2) is 7.45. The second-order valence-corrected chi connectivity index (χ2v) is 6.02. The van der Waals surface area contributed by atoms with Crippen LogP contribution in [-0.2, 0) is 6.54 Å². The molecule has 2 aromatic carbocycles. The van der Waals surface area contributed by atoms with E-state index < -0.39 is 0 Å². The van der Waals surface area contributed by atoms with Crippen LogP contribution in [0.25, 0.3) is 0 Å². The third-order valence-corrected chi connectivity index (χ3v) is 4.50. The van der Waals surface area contributed by atoms with Crippen LogP contribution in [-0.4, -0.2) is 23.0 Å². The van der Waals surface area contributed by atoms with E-state index in [-0.39, 0.29) is 10.6 Å². The van der Waals surface area contributed by atoms with E-state index in [4.69, 9.17) is 4.74 Å². The summed E-state index contributed by atoms with van der Waals surface area (Å²) in [5, 5.41) is 11.2. The Morgan fingerprint density at radius 1 is 1.21 bits per heavy atom. The molecule has 5 nitrogen and oxygen atoms in total. The maximum Gasteiger partial charge on any atom is 0.273 e. The number of nitrogens with zero attached hydrogens (tertiary/aromatic N) is 2. The summed E-state index contributed by atoms with van der Waals surface area (Å²) in [5.74, 6) is 0.879. The van der Waals surface area contributed by atoms with Gasteiger partial charge in [0.05, 0.1) is 11.5 Å². The van der Waals surface area contributed by atoms with Crippen LogP contribution in [0.4, 0.5) is 5.69 Å². The molecule has 1 aliphatic heterocycles. The highest BCUT2D eigenvalue weighted by Gasteiger charge is 2.27. The highest BCUT2D eigenvalue weighted by atomic mass is 16.6. The Balaban J connectivity index is 1.77. The topological polar surface area (TPSA) is 55.6 Å². The highest BCUT2D eigenvalue weighted by Crippen LogP contribution is 2.35. The zero-order valence-corrected chi connectivity index (χ0v) is 13.9. The monoisotopic (exact) mass is 326 g/mol. The third kappa shape index (κ3) is 3.57. The standard InChI is InChI=1S/C19H22N2O3/c1-2-24-17-11-9-15(10-12-17)18-8-5-13-20(18)14-16-6-3-4-7-19(16)21(22)23/h3-4,6-7,9-12,18H,2,5,8,13-14H2,1H3. The molecule has 1 fully saturated rings. The van der Waals surface area contributed by atoms with Crippen LogP contribution in [0.15, 0.2) is 48.5 Å². The first-order valence-corrected chi connectivity index (χ1v) is 8.38. The summed E-state index contributed by atoms with van der Waals surface area (Å²) in [4.78, 5) is 13.3. The van der Waals surface area contributed by atoms with Crippen molar-refractivity contribution in [1.29, 1.82) is 0 Å². The maximum atomic E-state index is 11.2. The van der Waals surface area contributed by atoms with Crippen LogP contribution < -0.4 is 4.74 Å². The van der Waals surface area contributed by atoms with Gasteiger partial charge in [0.15, 0.2) is 0 Å². The summed E-state index contributed by atoms with van der Waals surface area (Å²) >= 11 is 0. The fraction of sp³-hybridized carbons (Fsp3) is 0.368. The lowest BCUT2D eigenvalue weighted by Gasteiger charge is -2.25. The molecule has 0 bridgehead atoms. The number of para-hydroxylation sites is 1. The molecule has 0 spiro atoms. The van der Waals surface area contributed by atoms with Crippen molar-refractivity contribution in [2.24, 2.45) is 0 Å². The van der Waals surface area contributed by atoms with Crippen LogP contribution in [0.5, 0.6) is 5.75 Å². The summed E-state index contributed by atoms with van der Waals surface area (Å²) in [5.41, 5.74) is 2.23. The molecule has 126 valence electrons. The molecule has 0 saturated carbocycles. The number of nitro benzene ring substituents is 1. The van der Waals surface area contributed by atoms with Crippen molar-refractivity contribution in [3.8, 4) is 5.75 Å². The summed E-state index contributed by atoms with van der Waals surface area (Å²) in [6.07, 6.45) is 2.19. The maximum absolute atomic E-state index is 11.2. The molecule has 2 aromatic rings.